The molecule has 1 atom stereocenters. The van der Waals surface area contributed by atoms with Crippen LogP contribution in [0.1, 0.15) is 47.6 Å². The molecular weight excluding hydrogens is 288 g/mol. The topological polar surface area (TPSA) is 53.4 Å². The molecule has 2 fully saturated rings. The maximum Gasteiger partial charge on any atom is 0.256 e. The van der Waals surface area contributed by atoms with Crippen LogP contribution < -0.4 is 0 Å². The van der Waals surface area contributed by atoms with Gasteiger partial charge in [-0.25, -0.2) is 0 Å². The Morgan fingerprint density at radius 1 is 1.17 bits per heavy atom. The van der Waals surface area contributed by atoms with Gasteiger partial charge in [-0.15, -0.1) is 0 Å². The quantitative estimate of drug-likeness (QED) is 0.923. The largest absolute Gasteiger partial charge is 0.506 e. The summed E-state index contributed by atoms with van der Waals surface area (Å²) in [5.74, 6) is -0.0111. The fraction of sp³-hybridized carbons (Fsp3) is 0.368. The number of carbonyl (C=O) groups excluding carboxylic acids is 1. The lowest BCUT2D eigenvalue weighted by Gasteiger charge is -2.56. The maximum absolute atomic E-state index is 12.9. The predicted molar refractivity (Wildman–Crippen MR) is 87.0 cm³/mol. The van der Waals surface area contributed by atoms with Crippen LogP contribution in [0, 0.1) is 5.41 Å². The third-order valence-electron chi connectivity index (χ3n) is 5.32. The van der Waals surface area contributed by atoms with Crippen LogP contribution in [0.15, 0.2) is 48.8 Å². The highest BCUT2D eigenvalue weighted by Crippen LogP contribution is 2.58. The van der Waals surface area contributed by atoms with Crippen molar-refractivity contribution < 1.29 is 9.90 Å². The van der Waals surface area contributed by atoms with E-state index in [1.165, 1.54) is 49.7 Å². The van der Waals surface area contributed by atoms with E-state index in [9.17, 15) is 9.90 Å². The van der Waals surface area contributed by atoms with E-state index in [0.29, 0.717) is 5.56 Å². The van der Waals surface area contributed by atoms with Gasteiger partial charge in [0.25, 0.3) is 5.91 Å². The summed E-state index contributed by atoms with van der Waals surface area (Å²) in [4.78, 5) is 18.8. The number of likely N-dealkylation sites (tertiary alicyclic amines) is 1. The highest BCUT2D eigenvalue weighted by Gasteiger charge is 2.55. The molecule has 1 aromatic carbocycles. The van der Waals surface area contributed by atoms with E-state index in [1.807, 2.05) is 23.1 Å². The fourth-order valence-corrected chi connectivity index (χ4v) is 4.31. The first kappa shape index (κ1) is 14.2. The third kappa shape index (κ3) is 2.29. The van der Waals surface area contributed by atoms with Gasteiger partial charge >= 0.3 is 0 Å². The van der Waals surface area contributed by atoms with Crippen LogP contribution in [0.3, 0.4) is 0 Å². The zero-order valence-corrected chi connectivity index (χ0v) is 13.0. The molecule has 1 aliphatic heterocycles. The number of benzene rings is 1. The van der Waals surface area contributed by atoms with Gasteiger partial charge < -0.3 is 10.0 Å². The van der Waals surface area contributed by atoms with Crippen LogP contribution in [-0.4, -0.2) is 27.4 Å². The Morgan fingerprint density at radius 3 is 2.61 bits per heavy atom. The van der Waals surface area contributed by atoms with Gasteiger partial charge in [0.15, 0.2) is 0 Å². The zero-order valence-electron chi connectivity index (χ0n) is 13.0. The van der Waals surface area contributed by atoms with Crippen molar-refractivity contribution in [2.24, 2.45) is 5.41 Å². The number of aromatic hydroxyl groups is 1. The van der Waals surface area contributed by atoms with E-state index in [0.717, 1.165) is 6.54 Å². The molecule has 1 amide bonds. The van der Waals surface area contributed by atoms with Gasteiger partial charge in [-0.05, 0) is 24.5 Å². The van der Waals surface area contributed by atoms with Crippen molar-refractivity contribution in [2.75, 3.05) is 6.54 Å². The molecule has 118 valence electrons. The van der Waals surface area contributed by atoms with Gasteiger partial charge in [0.05, 0.1) is 17.8 Å². The minimum atomic E-state index is -0.0419. The van der Waals surface area contributed by atoms with Gasteiger partial charge in [0.1, 0.15) is 5.75 Å². The highest BCUT2D eigenvalue weighted by atomic mass is 16.3. The number of carbonyl (C=O) groups is 1. The number of hydrogen-bond acceptors (Lipinski definition) is 3. The standard InChI is InChI=1S/C19H20N2O2/c22-16-10-15(11-20-12-16)18(23)21-13-19(8-4-5-9-19)17(21)14-6-2-1-3-7-14/h1-3,6-7,10-12,17,22H,4-5,8-9,13H2/t17-/m1/s1. The maximum atomic E-state index is 12.9. The molecule has 1 saturated carbocycles. The second-order valence-electron chi connectivity index (χ2n) is 6.75. The van der Waals surface area contributed by atoms with E-state index < -0.39 is 0 Å². The SMILES string of the molecule is O=C(c1cncc(O)c1)N1CC2(CCCC2)[C@H]1c1ccccc1. The van der Waals surface area contributed by atoms with Gasteiger partial charge in [0.2, 0.25) is 0 Å². The van der Waals surface area contributed by atoms with Crippen molar-refractivity contribution in [1.82, 2.24) is 9.88 Å². The molecule has 2 heterocycles. The Hall–Kier alpha value is -2.36. The van der Waals surface area contributed by atoms with Crippen molar-refractivity contribution in [3.8, 4) is 5.75 Å². The monoisotopic (exact) mass is 308 g/mol. The van der Waals surface area contributed by atoms with E-state index in [4.69, 9.17) is 0 Å². The van der Waals surface area contributed by atoms with E-state index in [1.54, 1.807) is 0 Å². The molecule has 2 aliphatic rings. The highest BCUT2D eigenvalue weighted by molar-refractivity contribution is 5.95. The molecule has 1 aromatic heterocycles. The Balaban J connectivity index is 1.67. The Bertz CT molecular complexity index is 723. The summed E-state index contributed by atoms with van der Waals surface area (Å²) in [5, 5.41) is 9.59. The van der Waals surface area contributed by atoms with Crippen LogP contribution in [0.25, 0.3) is 0 Å². The van der Waals surface area contributed by atoms with E-state index in [2.05, 4.69) is 17.1 Å². The summed E-state index contributed by atoms with van der Waals surface area (Å²) >= 11 is 0. The van der Waals surface area contributed by atoms with Crippen LogP contribution in [-0.2, 0) is 0 Å². The van der Waals surface area contributed by atoms with Gasteiger partial charge in [0, 0.05) is 18.2 Å². The van der Waals surface area contributed by atoms with Crippen molar-refractivity contribution in [2.45, 2.75) is 31.7 Å². The van der Waals surface area contributed by atoms with Crippen LogP contribution in [0.5, 0.6) is 5.75 Å². The Kier molecular flexibility index (Phi) is 3.33. The lowest BCUT2D eigenvalue weighted by Crippen LogP contribution is -2.59. The minimum absolute atomic E-state index is 0.0308. The second kappa shape index (κ2) is 5.37. The molecule has 1 aliphatic carbocycles. The second-order valence-corrected chi connectivity index (χ2v) is 6.75. The molecule has 4 nitrogen and oxygen atoms in total. The number of rotatable bonds is 2. The summed E-state index contributed by atoms with van der Waals surface area (Å²) in [6.07, 6.45) is 7.76. The molecule has 1 N–H and O–H groups in total. The van der Waals surface area contributed by atoms with Crippen molar-refractivity contribution >= 4 is 5.91 Å². The number of aromatic nitrogens is 1. The summed E-state index contributed by atoms with van der Waals surface area (Å²) < 4.78 is 0. The average Bonchev–Trinajstić information content (AvgIpc) is 3.05. The molecule has 4 rings (SSSR count). The van der Waals surface area contributed by atoms with E-state index >= 15 is 0 Å². The fourth-order valence-electron chi connectivity index (χ4n) is 4.31. The van der Waals surface area contributed by atoms with Gasteiger partial charge in [-0.3, -0.25) is 9.78 Å². The smallest absolute Gasteiger partial charge is 0.256 e. The Labute approximate surface area is 135 Å². The molecule has 2 aromatic rings. The van der Waals surface area contributed by atoms with Gasteiger partial charge in [-0.2, -0.15) is 0 Å². The lowest BCUT2D eigenvalue weighted by atomic mass is 9.67. The number of amides is 1. The molecule has 0 radical (unpaired) electrons. The summed E-state index contributed by atoms with van der Waals surface area (Å²) in [6, 6.07) is 12.0. The summed E-state index contributed by atoms with van der Waals surface area (Å²) in [5.41, 5.74) is 1.90. The molecule has 1 saturated heterocycles. The van der Waals surface area contributed by atoms with E-state index in [-0.39, 0.29) is 23.1 Å². The van der Waals surface area contributed by atoms with Crippen LogP contribution in [0.2, 0.25) is 0 Å². The molecular formula is C19H20N2O2. The summed E-state index contributed by atoms with van der Waals surface area (Å²) in [7, 11) is 0. The molecule has 0 unspecified atom stereocenters. The first-order chi connectivity index (χ1) is 11.2. The first-order valence-electron chi connectivity index (χ1n) is 8.20. The third-order valence-corrected chi connectivity index (χ3v) is 5.32. The first-order valence-corrected chi connectivity index (χ1v) is 8.20. The number of nitrogens with zero attached hydrogens (tertiary/aromatic N) is 2. The van der Waals surface area contributed by atoms with Crippen molar-refractivity contribution in [3.05, 3.63) is 59.9 Å². The summed E-state index contributed by atoms with van der Waals surface area (Å²) in [6.45, 7) is 0.807. The number of pyridine rings is 1. The molecule has 0 bridgehead atoms. The van der Waals surface area contributed by atoms with Crippen LogP contribution in [0.4, 0.5) is 0 Å². The number of hydrogen-bond donors (Lipinski definition) is 1. The predicted octanol–water partition coefficient (Wildman–Crippen LogP) is 3.54. The minimum Gasteiger partial charge on any atom is -0.506 e. The Morgan fingerprint density at radius 2 is 1.91 bits per heavy atom. The zero-order chi connectivity index (χ0) is 15.9. The molecule has 23 heavy (non-hydrogen) atoms. The van der Waals surface area contributed by atoms with Gasteiger partial charge in [-0.1, -0.05) is 43.2 Å². The molecule has 4 heteroatoms. The lowest BCUT2D eigenvalue weighted by molar-refractivity contribution is -0.0511. The van der Waals surface area contributed by atoms with Crippen molar-refractivity contribution in [1.29, 1.82) is 0 Å². The molecule has 1 spiro atoms. The van der Waals surface area contributed by atoms with Crippen LogP contribution >= 0.6 is 0 Å². The normalized spacial score (nSPS) is 22.1. The van der Waals surface area contributed by atoms with Crippen molar-refractivity contribution in [3.63, 3.8) is 0 Å². The average molecular weight is 308 g/mol.